The van der Waals surface area contributed by atoms with Gasteiger partial charge in [0.1, 0.15) is 0 Å². The number of benzene rings is 1. The number of halogens is 1. The zero-order valence-electron chi connectivity index (χ0n) is 10.9. The van der Waals surface area contributed by atoms with Gasteiger partial charge in [0, 0.05) is 33.0 Å². The highest BCUT2D eigenvalue weighted by atomic mass is 79.9. The molecule has 0 aliphatic carbocycles. The SMILES string of the molecule is CC1CCN(c2csc3ccc(Br)cc3c2=O)CC1. The van der Waals surface area contributed by atoms with Crippen LogP contribution in [0.25, 0.3) is 10.1 Å². The number of hydrogen-bond donors (Lipinski definition) is 0. The first-order valence-corrected chi connectivity index (χ1v) is 8.28. The zero-order chi connectivity index (χ0) is 13.4. The van der Waals surface area contributed by atoms with Gasteiger partial charge in [-0.3, -0.25) is 4.79 Å². The molecular formula is C15H16BrNOS. The van der Waals surface area contributed by atoms with Crippen LogP contribution < -0.4 is 10.3 Å². The monoisotopic (exact) mass is 337 g/mol. The fraction of sp³-hybridized carbons (Fsp3) is 0.400. The smallest absolute Gasteiger partial charge is 0.211 e. The molecule has 2 aromatic rings. The third-order valence-corrected chi connectivity index (χ3v) is 5.29. The van der Waals surface area contributed by atoms with E-state index in [0.717, 1.165) is 39.3 Å². The van der Waals surface area contributed by atoms with E-state index in [1.165, 1.54) is 12.8 Å². The number of rotatable bonds is 1. The third-order valence-electron chi connectivity index (χ3n) is 3.84. The number of piperidine rings is 1. The Morgan fingerprint density at radius 1 is 1.32 bits per heavy atom. The second kappa shape index (κ2) is 5.25. The zero-order valence-corrected chi connectivity index (χ0v) is 13.3. The molecule has 2 nitrogen and oxygen atoms in total. The molecule has 1 aliphatic heterocycles. The lowest BCUT2D eigenvalue weighted by atomic mass is 9.99. The van der Waals surface area contributed by atoms with Gasteiger partial charge >= 0.3 is 0 Å². The Bertz CT molecular complexity index is 659. The van der Waals surface area contributed by atoms with Crippen molar-refractivity contribution in [1.82, 2.24) is 0 Å². The summed E-state index contributed by atoms with van der Waals surface area (Å²) in [6.45, 7) is 4.29. The Morgan fingerprint density at radius 2 is 2.05 bits per heavy atom. The number of fused-ring (bicyclic) bond motifs is 1. The summed E-state index contributed by atoms with van der Waals surface area (Å²) in [5.74, 6) is 0.782. The first kappa shape index (κ1) is 13.1. The second-order valence-corrected chi connectivity index (χ2v) is 7.09. The molecule has 0 amide bonds. The van der Waals surface area contributed by atoms with E-state index in [1.807, 2.05) is 23.6 Å². The maximum Gasteiger partial charge on any atom is 0.211 e. The van der Waals surface area contributed by atoms with Crippen molar-refractivity contribution >= 4 is 43.0 Å². The van der Waals surface area contributed by atoms with Crippen LogP contribution in [0, 0.1) is 5.92 Å². The summed E-state index contributed by atoms with van der Waals surface area (Å²) in [6, 6.07) is 5.93. The fourth-order valence-electron chi connectivity index (χ4n) is 2.56. The predicted octanol–water partition coefficient (Wildman–Crippen LogP) is 4.26. The van der Waals surface area contributed by atoms with Crippen LogP contribution in [0.1, 0.15) is 19.8 Å². The van der Waals surface area contributed by atoms with Crippen molar-refractivity contribution in [3.05, 3.63) is 38.3 Å². The van der Waals surface area contributed by atoms with Crippen molar-refractivity contribution in [2.24, 2.45) is 5.92 Å². The molecule has 4 heteroatoms. The van der Waals surface area contributed by atoms with Gasteiger partial charge in [0.25, 0.3) is 0 Å². The average Bonchev–Trinajstić information content (AvgIpc) is 2.41. The molecule has 19 heavy (non-hydrogen) atoms. The highest BCUT2D eigenvalue weighted by Gasteiger charge is 2.19. The minimum atomic E-state index is 0.171. The minimum Gasteiger partial charge on any atom is -0.368 e. The Hall–Kier alpha value is -0.870. The summed E-state index contributed by atoms with van der Waals surface area (Å²) in [4.78, 5) is 14.9. The second-order valence-electron chi connectivity index (χ2n) is 5.26. The number of nitrogens with zero attached hydrogens (tertiary/aromatic N) is 1. The topological polar surface area (TPSA) is 20.3 Å². The Balaban J connectivity index is 2.05. The molecule has 2 heterocycles. The fourth-order valence-corrected chi connectivity index (χ4v) is 3.84. The molecule has 0 radical (unpaired) electrons. The molecule has 1 aliphatic rings. The van der Waals surface area contributed by atoms with Gasteiger partial charge in [-0.2, -0.15) is 0 Å². The molecule has 0 spiro atoms. The van der Waals surface area contributed by atoms with E-state index in [9.17, 15) is 4.79 Å². The number of hydrogen-bond acceptors (Lipinski definition) is 3. The maximum atomic E-state index is 12.6. The minimum absolute atomic E-state index is 0.171. The first-order valence-electron chi connectivity index (χ1n) is 6.61. The molecule has 1 aromatic heterocycles. The third kappa shape index (κ3) is 2.56. The van der Waals surface area contributed by atoms with E-state index in [1.54, 1.807) is 11.3 Å². The van der Waals surface area contributed by atoms with Crippen LogP contribution in [0.5, 0.6) is 0 Å². The molecule has 1 fully saturated rings. The van der Waals surface area contributed by atoms with Crippen LogP contribution in [0.15, 0.2) is 32.8 Å². The van der Waals surface area contributed by atoms with Gasteiger partial charge in [-0.25, -0.2) is 0 Å². The van der Waals surface area contributed by atoms with E-state index in [0.29, 0.717) is 0 Å². The molecule has 0 N–H and O–H groups in total. The van der Waals surface area contributed by atoms with Gasteiger partial charge in [0.2, 0.25) is 5.43 Å². The number of anilines is 1. The van der Waals surface area contributed by atoms with Gasteiger partial charge in [-0.05, 0) is 37.0 Å². The summed E-state index contributed by atoms with van der Waals surface area (Å²) >= 11 is 5.11. The lowest BCUT2D eigenvalue weighted by Crippen LogP contribution is -2.35. The van der Waals surface area contributed by atoms with Crippen molar-refractivity contribution in [1.29, 1.82) is 0 Å². The van der Waals surface area contributed by atoms with Crippen molar-refractivity contribution in [3.8, 4) is 0 Å². The lowest BCUT2D eigenvalue weighted by Gasteiger charge is -2.31. The summed E-state index contributed by atoms with van der Waals surface area (Å²) in [6.07, 6.45) is 2.36. The molecule has 0 saturated carbocycles. The van der Waals surface area contributed by atoms with E-state index < -0.39 is 0 Å². The van der Waals surface area contributed by atoms with Crippen molar-refractivity contribution in [3.63, 3.8) is 0 Å². The molecule has 0 unspecified atom stereocenters. The van der Waals surface area contributed by atoms with Gasteiger partial charge in [-0.1, -0.05) is 22.9 Å². The van der Waals surface area contributed by atoms with E-state index in [4.69, 9.17) is 0 Å². The summed E-state index contributed by atoms with van der Waals surface area (Å²) in [5, 5.41) is 2.85. The van der Waals surface area contributed by atoms with Crippen LogP contribution in [0.3, 0.4) is 0 Å². The lowest BCUT2D eigenvalue weighted by molar-refractivity contribution is 0.438. The van der Waals surface area contributed by atoms with Gasteiger partial charge in [-0.15, -0.1) is 11.3 Å². The van der Waals surface area contributed by atoms with Crippen LogP contribution >= 0.6 is 27.3 Å². The van der Waals surface area contributed by atoms with Gasteiger partial charge in [0.15, 0.2) is 0 Å². The normalized spacial score (nSPS) is 17.1. The standard InChI is InChI=1S/C15H16BrNOS/c1-10-4-6-17(7-5-10)13-9-19-14-3-2-11(16)8-12(14)15(13)18/h2-3,8-10H,4-7H2,1H3. The largest absolute Gasteiger partial charge is 0.368 e. The maximum absolute atomic E-state index is 12.6. The quantitative estimate of drug-likeness (QED) is 0.774. The highest BCUT2D eigenvalue weighted by molar-refractivity contribution is 9.10. The van der Waals surface area contributed by atoms with E-state index in [-0.39, 0.29) is 5.43 Å². The van der Waals surface area contributed by atoms with Crippen molar-refractivity contribution in [2.45, 2.75) is 19.8 Å². The molecule has 3 rings (SSSR count). The highest BCUT2D eigenvalue weighted by Crippen LogP contribution is 2.26. The average molecular weight is 338 g/mol. The molecule has 0 bridgehead atoms. The van der Waals surface area contributed by atoms with Crippen LogP contribution in [0.2, 0.25) is 0 Å². The Kier molecular flexibility index (Phi) is 3.63. The predicted molar refractivity (Wildman–Crippen MR) is 86.4 cm³/mol. The summed E-state index contributed by atoms with van der Waals surface area (Å²) in [7, 11) is 0. The van der Waals surface area contributed by atoms with Crippen molar-refractivity contribution < 1.29 is 0 Å². The van der Waals surface area contributed by atoms with Gasteiger partial charge < -0.3 is 4.90 Å². The van der Waals surface area contributed by atoms with Crippen LogP contribution in [0.4, 0.5) is 5.69 Å². The Labute approximate surface area is 125 Å². The summed E-state index contributed by atoms with van der Waals surface area (Å²) in [5.41, 5.74) is 1.05. The molecular weight excluding hydrogens is 322 g/mol. The van der Waals surface area contributed by atoms with E-state index in [2.05, 4.69) is 27.8 Å². The molecule has 0 atom stereocenters. The van der Waals surface area contributed by atoms with E-state index >= 15 is 0 Å². The van der Waals surface area contributed by atoms with Crippen LogP contribution in [-0.2, 0) is 0 Å². The molecule has 1 saturated heterocycles. The first-order chi connectivity index (χ1) is 9.15. The van der Waals surface area contributed by atoms with Crippen LogP contribution in [-0.4, -0.2) is 13.1 Å². The molecule has 100 valence electrons. The summed E-state index contributed by atoms with van der Waals surface area (Å²) < 4.78 is 2.02. The molecule has 1 aromatic carbocycles. The van der Waals surface area contributed by atoms with Crippen molar-refractivity contribution in [2.75, 3.05) is 18.0 Å². The Morgan fingerprint density at radius 3 is 2.79 bits per heavy atom. The van der Waals surface area contributed by atoms with Gasteiger partial charge in [0.05, 0.1) is 5.69 Å².